The van der Waals surface area contributed by atoms with Crippen LogP contribution in [0.25, 0.3) is 10.9 Å². The quantitative estimate of drug-likeness (QED) is 0.770. The molecule has 0 unspecified atom stereocenters. The average molecular weight is 290 g/mol. The van der Waals surface area contributed by atoms with Crippen molar-refractivity contribution in [3.8, 4) is 0 Å². The number of hydrogen-bond acceptors (Lipinski definition) is 2. The number of aromatic nitrogens is 1. The van der Waals surface area contributed by atoms with E-state index in [0.717, 1.165) is 42.3 Å². The lowest BCUT2D eigenvalue weighted by atomic mass is 9.96. The molecule has 1 aliphatic carbocycles. The molecule has 0 fully saturated rings. The number of ether oxygens (including phenoxy) is 1. The molecule has 4 heteroatoms. The van der Waals surface area contributed by atoms with Crippen LogP contribution in [0.5, 0.6) is 0 Å². The minimum absolute atomic E-state index is 0.223. The van der Waals surface area contributed by atoms with Gasteiger partial charge in [0.15, 0.2) is 0 Å². The molecule has 0 atom stereocenters. The van der Waals surface area contributed by atoms with Crippen LogP contribution in [0.2, 0.25) is 5.02 Å². The number of halogens is 1. The Morgan fingerprint density at radius 3 is 3.00 bits per heavy atom. The monoisotopic (exact) mass is 289 g/mol. The van der Waals surface area contributed by atoms with Crippen molar-refractivity contribution in [3.05, 3.63) is 47.1 Å². The van der Waals surface area contributed by atoms with Gasteiger partial charge in [-0.25, -0.2) is 9.36 Å². The second-order valence-corrected chi connectivity index (χ2v) is 5.43. The molecule has 0 amide bonds. The zero-order valence-corrected chi connectivity index (χ0v) is 11.9. The summed E-state index contributed by atoms with van der Waals surface area (Å²) in [6.07, 6.45) is 5.40. The van der Waals surface area contributed by atoms with Crippen molar-refractivity contribution in [2.45, 2.75) is 25.7 Å². The van der Waals surface area contributed by atoms with Gasteiger partial charge in [0, 0.05) is 16.1 Å². The van der Waals surface area contributed by atoms with Gasteiger partial charge in [-0.1, -0.05) is 24.3 Å². The number of benzene rings is 1. The van der Waals surface area contributed by atoms with Gasteiger partial charge in [-0.05, 0) is 49.4 Å². The van der Waals surface area contributed by atoms with Crippen molar-refractivity contribution >= 4 is 28.6 Å². The van der Waals surface area contributed by atoms with Gasteiger partial charge in [0.25, 0.3) is 0 Å². The van der Waals surface area contributed by atoms with Crippen LogP contribution >= 0.6 is 11.6 Å². The molecule has 1 aromatic carbocycles. The lowest BCUT2D eigenvalue weighted by Gasteiger charge is -2.14. The van der Waals surface area contributed by atoms with Crippen LogP contribution in [-0.4, -0.2) is 17.3 Å². The molecule has 0 saturated carbocycles. The van der Waals surface area contributed by atoms with Crippen LogP contribution < -0.4 is 0 Å². The van der Waals surface area contributed by atoms with E-state index in [1.807, 2.05) is 18.2 Å². The van der Waals surface area contributed by atoms with Gasteiger partial charge in [-0.2, -0.15) is 0 Å². The van der Waals surface area contributed by atoms with E-state index in [4.69, 9.17) is 16.3 Å². The minimum Gasteiger partial charge on any atom is -0.445 e. The number of nitrogens with zero attached hydrogens (tertiary/aromatic N) is 1. The molecule has 20 heavy (non-hydrogen) atoms. The Balaban J connectivity index is 2.19. The molecule has 1 heterocycles. The van der Waals surface area contributed by atoms with E-state index in [2.05, 4.69) is 6.58 Å². The Morgan fingerprint density at radius 2 is 2.20 bits per heavy atom. The fraction of sp³-hybridized carbons (Fsp3) is 0.312. The van der Waals surface area contributed by atoms with Gasteiger partial charge in [0.05, 0.1) is 5.52 Å². The first kappa shape index (κ1) is 13.3. The van der Waals surface area contributed by atoms with Gasteiger partial charge < -0.3 is 4.74 Å². The smallest absolute Gasteiger partial charge is 0.419 e. The zero-order valence-electron chi connectivity index (χ0n) is 11.2. The summed E-state index contributed by atoms with van der Waals surface area (Å²) in [6.45, 7) is 3.79. The average Bonchev–Trinajstić information content (AvgIpc) is 2.79. The van der Waals surface area contributed by atoms with Crippen LogP contribution in [0, 0.1) is 0 Å². The predicted octanol–water partition coefficient (Wildman–Crippen LogP) is 4.34. The number of carbonyl (C=O) groups excluding carboxylic acids is 1. The Labute approximate surface area is 122 Å². The number of rotatable bonds is 2. The van der Waals surface area contributed by atoms with E-state index < -0.39 is 0 Å². The lowest BCUT2D eigenvalue weighted by molar-refractivity contribution is 0.160. The van der Waals surface area contributed by atoms with Crippen molar-refractivity contribution in [3.63, 3.8) is 0 Å². The standard InChI is InChI=1S/C16H16ClNO2/c1-2-9-20-16(19)18-14-6-4-3-5-12(14)13-10-11(17)7-8-15(13)18/h2,7-8,10H,1,3-6,9H2. The SMILES string of the molecule is C=CCOC(=O)n1c2c(c3cc(Cl)ccc31)CCCC2. The Hall–Kier alpha value is -1.74. The maximum atomic E-state index is 12.3. The highest BCUT2D eigenvalue weighted by Gasteiger charge is 2.24. The number of aryl methyl sites for hydroxylation is 1. The molecular formula is C16H16ClNO2. The molecular weight excluding hydrogens is 274 g/mol. The molecule has 3 rings (SSSR count). The van der Waals surface area contributed by atoms with E-state index in [9.17, 15) is 4.79 Å². The summed E-state index contributed by atoms with van der Waals surface area (Å²) in [5, 5.41) is 1.77. The first-order chi connectivity index (χ1) is 9.72. The molecule has 0 spiro atoms. The van der Waals surface area contributed by atoms with Crippen LogP contribution in [-0.2, 0) is 17.6 Å². The third-order valence-corrected chi connectivity index (χ3v) is 3.98. The van der Waals surface area contributed by atoms with E-state index >= 15 is 0 Å². The van der Waals surface area contributed by atoms with Crippen molar-refractivity contribution in [1.29, 1.82) is 0 Å². The highest BCUT2D eigenvalue weighted by atomic mass is 35.5. The van der Waals surface area contributed by atoms with Gasteiger partial charge in [-0.15, -0.1) is 0 Å². The van der Waals surface area contributed by atoms with Gasteiger partial charge in [0.2, 0.25) is 0 Å². The molecule has 1 aliphatic rings. The summed E-state index contributed by atoms with van der Waals surface area (Å²) in [6, 6.07) is 5.65. The summed E-state index contributed by atoms with van der Waals surface area (Å²) in [4.78, 5) is 12.3. The number of carbonyl (C=O) groups is 1. The molecule has 0 bridgehead atoms. The molecule has 0 radical (unpaired) electrons. The molecule has 0 N–H and O–H groups in total. The third kappa shape index (κ3) is 2.12. The van der Waals surface area contributed by atoms with Gasteiger partial charge in [-0.3, -0.25) is 0 Å². The molecule has 104 valence electrons. The van der Waals surface area contributed by atoms with Crippen molar-refractivity contribution in [1.82, 2.24) is 4.57 Å². The van der Waals surface area contributed by atoms with Crippen molar-refractivity contribution < 1.29 is 9.53 Å². The summed E-state index contributed by atoms with van der Waals surface area (Å²) < 4.78 is 6.91. The van der Waals surface area contributed by atoms with Crippen LogP contribution in [0.15, 0.2) is 30.9 Å². The first-order valence-electron chi connectivity index (χ1n) is 6.82. The molecule has 1 aromatic heterocycles. The van der Waals surface area contributed by atoms with E-state index in [1.54, 1.807) is 10.6 Å². The lowest BCUT2D eigenvalue weighted by Crippen LogP contribution is -2.18. The molecule has 3 nitrogen and oxygen atoms in total. The normalized spacial score (nSPS) is 14.1. The van der Waals surface area contributed by atoms with Crippen molar-refractivity contribution in [2.24, 2.45) is 0 Å². The fourth-order valence-electron chi connectivity index (χ4n) is 2.92. The fourth-order valence-corrected chi connectivity index (χ4v) is 3.09. The molecule has 0 aliphatic heterocycles. The number of hydrogen-bond donors (Lipinski definition) is 0. The van der Waals surface area contributed by atoms with Crippen LogP contribution in [0.3, 0.4) is 0 Å². The zero-order chi connectivity index (χ0) is 14.1. The summed E-state index contributed by atoms with van der Waals surface area (Å²) >= 11 is 6.09. The summed E-state index contributed by atoms with van der Waals surface area (Å²) in [5.41, 5.74) is 3.20. The Morgan fingerprint density at radius 1 is 1.40 bits per heavy atom. The van der Waals surface area contributed by atoms with Crippen molar-refractivity contribution in [2.75, 3.05) is 6.61 Å². The maximum Gasteiger partial charge on any atom is 0.419 e. The predicted molar refractivity (Wildman–Crippen MR) is 80.5 cm³/mol. The Bertz CT molecular complexity index is 687. The minimum atomic E-state index is -0.333. The van der Waals surface area contributed by atoms with Crippen LogP contribution in [0.1, 0.15) is 24.1 Å². The largest absolute Gasteiger partial charge is 0.445 e. The van der Waals surface area contributed by atoms with Gasteiger partial charge in [0.1, 0.15) is 6.61 Å². The highest BCUT2D eigenvalue weighted by molar-refractivity contribution is 6.31. The second kappa shape index (κ2) is 5.33. The summed E-state index contributed by atoms with van der Waals surface area (Å²) in [5.74, 6) is 0. The first-order valence-corrected chi connectivity index (χ1v) is 7.20. The second-order valence-electron chi connectivity index (χ2n) is 4.99. The maximum absolute atomic E-state index is 12.3. The van der Waals surface area contributed by atoms with Gasteiger partial charge >= 0.3 is 6.09 Å². The Kier molecular flexibility index (Phi) is 3.53. The van der Waals surface area contributed by atoms with E-state index in [1.165, 1.54) is 5.56 Å². The van der Waals surface area contributed by atoms with E-state index in [0.29, 0.717) is 5.02 Å². The highest BCUT2D eigenvalue weighted by Crippen LogP contribution is 2.33. The van der Waals surface area contributed by atoms with Crippen LogP contribution in [0.4, 0.5) is 4.79 Å². The third-order valence-electron chi connectivity index (χ3n) is 3.74. The van der Waals surface area contributed by atoms with E-state index in [-0.39, 0.29) is 12.7 Å². The number of fused-ring (bicyclic) bond motifs is 3. The molecule has 0 saturated heterocycles. The molecule has 2 aromatic rings. The topological polar surface area (TPSA) is 31.2 Å². The summed E-state index contributed by atoms with van der Waals surface area (Å²) in [7, 11) is 0.